The minimum Gasteiger partial charge on any atom is -0.398 e. The highest BCUT2D eigenvalue weighted by atomic mass is 32.1. The minimum absolute atomic E-state index is 0.0427. The summed E-state index contributed by atoms with van der Waals surface area (Å²) in [5.41, 5.74) is 12.7. The molecule has 1 aromatic rings. The standard InChI is InChI=1S/C10H18N2S/c1-6(11)9-7(12)5-8(13-9)10(2,3)4/h5-6H,11-12H2,1-4H3. The molecule has 74 valence electrons. The number of hydrogen-bond acceptors (Lipinski definition) is 3. The largest absolute Gasteiger partial charge is 0.398 e. The lowest BCUT2D eigenvalue weighted by Gasteiger charge is -2.15. The first-order valence-corrected chi connectivity index (χ1v) is 5.29. The number of anilines is 1. The molecule has 2 nitrogen and oxygen atoms in total. The van der Waals surface area contributed by atoms with Gasteiger partial charge in [-0.2, -0.15) is 0 Å². The smallest absolute Gasteiger partial charge is 0.0474 e. The molecule has 1 aromatic heterocycles. The van der Waals surface area contributed by atoms with E-state index in [4.69, 9.17) is 11.5 Å². The average Bonchev–Trinajstić information content (AvgIpc) is 2.29. The van der Waals surface area contributed by atoms with Crippen molar-refractivity contribution in [3.63, 3.8) is 0 Å². The van der Waals surface area contributed by atoms with E-state index in [0.717, 1.165) is 10.6 Å². The number of nitrogens with two attached hydrogens (primary N) is 2. The predicted octanol–water partition coefficient (Wildman–Crippen LogP) is 2.65. The molecule has 4 N–H and O–H groups in total. The Bertz CT molecular complexity index is 294. The van der Waals surface area contributed by atoms with Gasteiger partial charge in [-0.1, -0.05) is 20.8 Å². The van der Waals surface area contributed by atoms with E-state index in [2.05, 4.69) is 20.8 Å². The summed E-state index contributed by atoms with van der Waals surface area (Å²) in [5.74, 6) is 0. The fraction of sp³-hybridized carbons (Fsp3) is 0.600. The van der Waals surface area contributed by atoms with Crippen molar-refractivity contribution < 1.29 is 0 Å². The second kappa shape index (κ2) is 3.31. The molecule has 0 fully saturated rings. The monoisotopic (exact) mass is 198 g/mol. The van der Waals surface area contributed by atoms with Crippen LogP contribution in [0.15, 0.2) is 6.07 Å². The van der Waals surface area contributed by atoms with Crippen LogP contribution in [-0.2, 0) is 5.41 Å². The summed E-state index contributed by atoms with van der Waals surface area (Å²) in [5, 5.41) is 0. The summed E-state index contributed by atoms with van der Waals surface area (Å²) in [4.78, 5) is 2.40. The van der Waals surface area contributed by atoms with Crippen LogP contribution in [-0.4, -0.2) is 0 Å². The highest BCUT2D eigenvalue weighted by Crippen LogP contribution is 2.36. The van der Waals surface area contributed by atoms with E-state index in [1.165, 1.54) is 4.88 Å². The van der Waals surface area contributed by atoms with Crippen molar-refractivity contribution in [1.82, 2.24) is 0 Å². The van der Waals surface area contributed by atoms with Crippen LogP contribution in [0.25, 0.3) is 0 Å². The van der Waals surface area contributed by atoms with Crippen LogP contribution in [0.5, 0.6) is 0 Å². The highest BCUT2D eigenvalue weighted by molar-refractivity contribution is 7.12. The van der Waals surface area contributed by atoms with Crippen molar-refractivity contribution in [3.8, 4) is 0 Å². The van der Waals surface area contributed by atoms with Crippen LogP contribution < -0.4 is 11.5 Å². The van der Waals surface area contributed by atoms with E-state index >= 15 is 0 Å². The molecular weight excluding hydrogens is 180 g/mol. The van der Waals surface area contributed by atoms with Gasteiger partial charge in [0.05, 0.1) is 0 Å². The molecule has 3 heteroatoms. The SMILES string of the molecule is CC(N)c1sc(C(C)(C)C)cc1N. The zero-order valence-corrected chi connectivity index (χ0v) is 9.53. The Hall–Kier alpha value is -0.540. The van der Waals surface area contributed by atoms with Gasteiger partial charge in [0, 0.05) is 21.5 Å². The number of hydrogen-bond donors (Lipinski definition) is 2. The highest BCUT2D eigenvalue weighted by Gasteiger charge is 2.19. The number of rotatable bonds is 1. The molecule has 0 saturated heterocycles. The van der Waals surface area contributed by atoms with Crippen LogP contribution in [0.2, 0.25) is 0 Å². The summed E-state index contributed by atoms with van der Waals surface area (Å²) < 4.78 is 0. The van der Waals surface area contributed by atoms with E-state index < -0.39 is 0 Å². The minimum atomic E-state index is 0.0427. The third kappa shape index (κ3) is 2.23. The van der Waals surface area contributed by atoms with Gasteiger partial charge in [-0.25, -0.2) is 0 Å². The fourth-order valence-electron chi connectivity index (χ4n) is 1.14. The zero-order chi connectivity index (χ0) is 10.2. The third-order valence-electron chi connectivity index (χ3n) is 1.94. The topological polar surface area (TPSA) is 52.0 Å². The maximum Gasteiger partial charge on any atom is 0.0474 e. The average molecular weight is 198 g/mol. The fourth-order valence-corrected chi connectivity index (χ4v) is 2.24. The molecule has 0 saturated carbocycles. The Balaban J connectivity index is 3.10. The first-order chi connectivity index (χ1) is 5.82. The Kier molecular flexibility index (Phi) is 2.68. The van der Waals surface area contributed by atoms with Gasteiger partial charge in [0.25, 0.3) is 0 Å². The van der Waals surface area contributed by atoms with Crippen molar-refractivity contribution in [2.24, 2.45) is 5.73 Å². The molecule has 1 unspecified atom stereocenters. The van der Waals surface area contributed by atoms with E-state index in [1.54, 1.807) is 11.3 Å². The third-order valence-corrected chi connectivity index (χ3v) is 3.72. The predicted molar refractivity (Wildman–Crippen MR) is 60.0 cm³/mol. The first-order valence-electron chi connectivity index (χ1n) is 4.47. The molecule has 0 bridgehead atoms. The van der Waals surface area contributed by atoms with Gasteiger partial charge >= 0.3 is 0 Å². The summed E-state index contributed by atoms with van der Waals surface area (Å²) in [6.45, 7) is 8.52. The van der Waals surface area contributed by atoms with Crippen LogP contribution >= 0.6 is 11.3 Å². The molecule has 1 rings (SSSR count). The molecule has 0 aromatic carbocycles. The molecule has 0 aliphatic carbocycles. The van der Waals surface area contributed by atoms with Crippen molar-refractivity contribution in [2.45, 2.75) is 39.2 Å². The Morgan fingerprint density at radius 1 is 1.38 bits per heavy atom. The molecule has 1 heterocycles. The Labute approximate surface area is 83.9 Å². The van der Waals surface area contributed by atoms with E-state index in [9.17, 15) is 0 Å². The van der Waals surface area contributed by atoms with Crippen molar-refractivity contribution >= 4 is 17.0 Å². The van der Waals surface area contributed by atoms with Gasteiger partial charge in [0.2, 0.25) is 0 Å². The van der Waals surface area contributed by atoms with E-state index in [0.29, 0.717) is 0 Å². The van der Waals surface area contributed by atoms with Crippen molar-refractivity contribution in [3.05, 3.63) is 15.8 Å². The first kappa shape index (κ1) is 10.5. The molecular formula is C10H18N2S. The summed E-state index contributed by atoms with van der Waals surface area (Å²) in [7, 11) is 0. The molecule has 1 atom stereocenters. The van der Waals surface area contributed by atoms with Crippen molar-refractivity contribution in [1.29, 1.82) is 0 Å². The quantitative estimate of drug-likeness (QED) is 0.729. The lowest BCUT2D eigenvalue weighted by molar-refractivity contribution is 0.604. The maximum atomic E-state index is 5.87. The molecule has 0 aliphatic rings. The molecule has 0 aliphatic heterocycles. The van der Waals surface area contributed by atoms with Crippen LogP contribution in [0.4, 0.5) is 5.69 Å². The lowest BCUT2D eigenvalue weighted by atomic mass is 9.94. The van der Waals surface area contributed by atoms with Gasteiger partial charge in [-0.3, -0.25) is 0 Å². The van der Waals surface area contributed by atoms with Gasteiger partial charge in [0.1, 0.15) is 0 Å². The van der Waals surface area contributed by atoms with Crippen LogP contribution in [0, 0.1) is 0 Å². The van der Waals surface area contributed by atoms with Gasteiger partial charge in [-0.05, 0) is 18.4 Å². The molecule has 0 amide bonds. The second-order valence-electron chi connectivity index (χ2n) is 4.47. The van der Waals surface area contributed by atoms with Crippen molar-refractivity contribution in [2.75, 3.05) is 5.73 Å². The van der Waals surface area contributed by atoms with E-state index in [1.807, 2.05) is 13.0 Å². The zero-order valence-electron chi connectivity index (χ0n) is 8.72. The van der Waals surface area contributed by atoms with Gasteiger partial charge in [0.15, 0.2) is 0 Å². The Morgan fingerprint density at radius 3 is 2.15 bits per heavy atom. The van der Waals surface area contributed by atoms with Gasteiger partial charge in [-0.15, -0.1) is 11.3 Å². The second-order valence-corrected chi connectivity index (χ2v) is 5.55. The maximum absolute atomic E-state index is 5.87. The lowest BCUT2D eigenvalue weighted by Crippen LogP contribution is -2.08. The molecule has 0 spiro atoms. The molecule has 0 radical (unpaired) electrons. The number of thiophene rings is 1. The Morgan fingerprint density at radius 2 is 1.92 bits per heavy atom. The summed E-state index contributed by atoms with van der Waals surface area (Å²) >= 11 is 1.72. The number of nitrogen functional groups attached to an aromatic ring is 1. The summed E-state index contributed by atoms with van der Waals surface area (Å²) in [6.07, 6.45) is 0. The van der Waals surface area contributed by atoms with Crippen LogP contribution in [0.1, 0.15) is 43.5 Å². The van der Waals surface area contributed by atoms with Crippen LogP contribution in [0.3, 0.4) is 0 Å². The van der Waals surface area contributed by atoms with E-state index in [-0.39, 0.29) is 11.5 Å². The normalized spacial score (nSPS) is 14.5. The van der Waals surface area contributed by atoms with Gasteiger partial charge < -0.3 is 11.5 Å². The molecule has 13 heavy (non-hydrogen) atoms. The summed E-state index contributed by atoms with van der Waals surface area (Å²) in [6, 6.07) is 2.09.